The number of ketones is 2. The molecular formula is C16H18O3S. The fourth-order valence-electron chi connectivity index (χ4n) is 2.50. The van der Waals surface area contributed by atoms with Crippen molar-refractivity contribution in [3.63, 3.8) is 0 Å². The van der Waals surface area contributed by atoms with E-state index >= 15 is 0 Å². The Bertz CT molecular complexity index is 558. The number of aliphatic hydroxyl groups is 1. The van der Waals surface area contributed by atoms with Gasteiger partial charge in [0.1, 0.15) is 5.76 Å². The van der Waals surface area contributed by atoms with E-state index in [4.69, 9.17) is 0 Å². The second kappa shape index (κ2) is 6.27. The Morgan fingerprint density at radius 1 is 1.30 bits per heavy atom. The summed E-state index contributed by atoms with van der Waals surface area (Å²) in [6.45, 7) is 1.70. The monoisotopic (exact) mass is 290 g/mol. The molecule has 0 saturated carbocycles. The summed E-state index contributed by atoms with van der Waals surface area (Å²) in [5.74, 6) is -0.581. The summed E-state index contributed by atoms with van der Waals surface area (Å²) in [4.78, 5) is 24.9. The van der Waals surface area contributed by atoms with Crippen molar-refractivity contribution in [2.24, 2.45) is 0 Å². The van der Waals surface area contributed by atoms with E-state index in [0.717, 1.165) is 10.5 Å². The molecule has 20 heavy (non-hydrogen) atoms. The normalized spacial score (nSPS) is 19.3. The van der Waals surface area contributed by atoms with Gasteiger partial charge in [-0.15, -0.1) is 11.8 Å². The standard InChI is InChI=1S/C16H18O3S/c1-3-13(17)16-14(18)8-11(9-15(16)19)10-4-6-12(20-2)7-5-10/h4-7,11,18H,3,8-9H2,1-2H3. The van der Waals surface area contributed by atoms with E-state index < -0.39 is 0 Å². The van der Waals surface area contributed by atoms with Crippen LogP contribution in [0.15, 0.2) is 40.5 Å². The van der Waals surface area contributed by atoms with Crippen LogP contribution in [-0.2, 0) is 9.59 Å². The average Bonchev–Trinajstić information content (AvgIpc) is 2.46. The molecule has 3 nitrogen and oxygen atoms in total. The van der Waals surface area contributed by atoms with Crippen molar-refractivity contribution in [1.82, 2.24) is 0 Å². The molecule has 1 aliphatic carbocycles. The van der Waals surface area contributed by atoms with E-state index in [1.165, 1.54) is 0 Å². The molecule has 106 valence electrons. The molecule has 1 atom stereocenters. The Kier molecular flexibility index (Phi) is 4.65. The van der Waals surface area contributed by atoms with Crippen LogP contribution >= 0.6 is 11.8 Å². The van der Waals surface area contributed by atoms with Crippen LogP contribution in [0.25, 0.3) is 0 Å². The third-order valence-corrected chi connectivity index (χ3v) is 4.37. The van der Waals surface area contributed by atoms with Gasteiger partial charge in [0.05, 0.1) is 5.57 Å². The molecule has 0 heterocycles. The maximum atomic E-state index is 12.1. The third-order valence-electron chi connectivity index (χ3n) is 3.63. The number of allylic oxidation sites excluding steroid dienone is 2. The van der Waals surface area contributed by atoms with Gasteiger partial charge in [-0.3, -0.25) is 9.59 Å². The SMILES string of the molecule is CCC(=O)C1=C(O)CC(c2ccc(SC)cc2)CC1=O. The van der Waals surface area contributed by atoms with E-state index in [-0.39, 0.29) is 35.2 Å². The average molecular weight is 290 g/mol. The molecule has 0 bridgehead atoms. The minimum absolute atomic E-state index is 0.0180. The summed E-state index contributed by atoms with van der Waals surface area (Å²) in [7, 11) is 0. The fourth-order valence-corrected chi connectivity index (χ4v) is 2.91. The predicted molar refractivity (Wildman–Crippen MR) is 80.2 cm³/mol. The Morgan fingerprint density at radius 2 is 1.95 bits per heavy atom. The number of hydrogen-bond acceptors (Lipinski definition) is 4. The second-order valence-electron chi connectivity index (χ2n) is 4.90. The maximum Gasteiger partial charge on any atom is 0.170 e. The van der Waals surface area contributed by atoms with Gasteiger partial charge in [-0.05, 0) is 29.9 Å². The van der Waals surface area contributed by atoms with Crippen LogP contribution < -0.4 is 0 Å². The molecule has 0 spiro atoms. The number of carbonyl (C=O) groups is 2. The van der Waals surface area contributed by atoms with Gasteiger partial charge < -0.3 is 5.11 Å². The van der Waals surface area contributed by atoms with Gasteiger partial charge in [-0.1, -0.05) is 19.1 Å². The molecule has 1 aromatic carbocycles. The number of carbonyl (C=O) groups excluding carboxylic acids is 2. The topological polar surface area (TPSA) is 54.4 Å². The molecular weight excluding hydrogens is 272 g/mol. The van der Waals surface area contributed by atoms with Gasteiger partial charge >= 0.3 is 0 Å². The van der Waals surface area contributed by atoms with Crippen LogP contribution in [0.5, 0.6) is 0 Å². The molecule has 1 unspecified atom stereocenters. The highest BCUT2D eigenvalue weighted by molar-refractivity contribution is 7.98. The lowest BCUT2D eigenvalue weighted by Crippen LogP contribution is -2.23. The van der Waals surface area contributed by atoms with Crippen molar-refractivity contribution in [3.8, 4) is 0 Å². The first-order valence-electron chi connectivity index (χ1n) is 6.69. The lowest BCUT2D eigenvalue weighted by Gasteiger charge is -2.23. The summed E-state index contributed by atoms with van der Waals surface area (Å²) in [6, 6.07) is 8.00. The van der Waals surface area contributed by atoms with Crippen LogP contribution in [-0.4, -0.2) is 22.9 Å². The van der Waals surface area contributed by atoms with Gasteiger partial charge in [0.2, 0.25) is 0 Å². The van der Waals surface area contributed by atoms with Crippen LogP contribution in [0.2, 0.25) is 0 Å². The predicted octanol–water partition coefficient (Wildman–Crippen LogP) is 3.65. The second-order valence-corrected chi connectivity index (χ2v) is 5.78. The highest BCUT2D eigenvalue weighted by Crippen LogP contribution is 2.34. The van der Waals surface area contributed by atoms with Crippen LogP contribution in [0.4, 0.5) is 0 Å². The first-order chi connectivity index (χ1) is 9.56. The number of aliphatic hydroxyl groups excluding tert-OH is 1. The minimum atomic E-state index is -0.260. The molecule has 0 radical (unpaired) electrons. The molecule has 0 fully saturated rings. The number of thioether (sulfide) groups is 1. The fraction of sp³-hybridized carbons (Fsp3) is 0.375. The zero-order valence-electron chi connectivity index (χ0n) is 11.7. The molecule has 0 aliphatic heterocycles. The van der Waals surface area contributed by atoms with Crippen molar-refractivity contribution in [2.45, 2.75) is 37.0 Å². The molecule has 0 saturated heterocycles. The van der Waals surface area contributed by atoms with Crippen LogP contribution in [0, 0.1) is 0 Å². The molecule has 4 heteroatoms. The number of Topliss-reactive ketones (excluding diaryl/α,β-unsaturated/α-hetero) is 2. The molecule has 0 aromatic heterocycles. The van der Waals surface area contributed by atoms with E-state index in [9.17, 15) is 14.7 Å². The third kappa shape index (κ3) is 2.96. The minimum Gasteiger partial charge on any atom is -0.511 e. The van der Waals surface area contributed by atoms with Crippen LogP contribution in [0.1, 0.15) is 37.7 Å². The summed E-state index contributed by atoms with van der Waals surface area (Å²) < 4.78 is 0. The highest BCUT2D eigenvalue weighted by Gasteiger charge is 2.31. The Morgan fingerprint density at radius 3 is 2.45 bits per heavy atom. The van der Waals surface area contributed by atoms with E-state index in [2.05, 4.69) is 0 Å². The lowest BCUT2D eigenvalue weighted by atomic mass is 9.81. The highest BCUT2D eigenvalue weighted by atomic mass is 32.2. The van der Waals surface area contributed by atoms with Gasteiger partial charge in [-0.25, -0.2) is 0 Å². The molecule has 0 amide bonds. The van der Waals surface area contributed by atoms with Crippen molar-refractivity contribution in [3.05, 3.63) is 41.2 Å². The smallest absolute Gasteiger partial charge is 0.170 e. The van der Waals surface area contributed by atoms with E-state index in [1.54, 1.807) is 18.7 Å². The Hall–Kier alpha value is -1.55. The molecule has 1 aliphatic rings. The molecule has 2 rings (SSSR count). The van der Waals surface area contributed by atoms with Gasteiger partial charge in [0, 0.05) is 24.2 Å². The van der Waals surface area contributed by atoms with E-state index in [0.29, 0.717) is 12.8 Å². The zero-order valence-corrected chi connectivity index (χ0v) is 12.5. The Labute approximate surface area is 123 Å². The lowest BCUT2D eigenvalue weighted by molar-refractivity contribution is -0.122. The first-order valence-corrected chi connectivity index (χ1v) is 7.91. The summed E-state index contributed by atoms with van der Waals surface area (Å²) in [5.41, 5.74) is 1.05. The molecule has 1 aromatic rings. The first kappa shape index (κ1) is 14.9. The van der Waals surface area contributed by atoms with Crippen LogP contribution in [0.3, 0.4) is 0 Å². The van der Waals surface area contributed by atoms with E-state index in [1.807, 2.05) is 30.5 Å². The maximum absolute atomic E-state index is 12.1. The van der Waals surface area contributed by atoms with Crippen molar-refractivity contribution < 1.29 is 14.7 Å². The van der Waals surface area contributed by atoms with Gasteiger partial charge in [0.15, 0.2) is 11.6 Å². The number of rotatable bonds is 4. The number of benzene rings is 1. The summed E-state index contributed by atoms with van der Waals surface area (Å²) >= 11 is 1.66. The van der Waals surface area contributed by atoms with Crippen molar-refractivity contribution >= 4 is 23.3 Å². The summed E-state index contributed by atoms with van der Waals surface area (Å²) in [6.07, 6.45) is 2.92. The van der Waals surface area contributed by atoms with Crippen molar-refractivity contribution in [1.29, 1.82) is 0 Å². The largest absolute Gasteiger partial charge is 0.511 e. The zero-order chi connectivity index (χ0) is 14.7. The van der Waals surface area contributed by atoms with Gasteiger partial charge in [0.25, 0.3) is 0 Å². The Balaban J connectivity index is 2.24. The quantitative estimate of drug-likeness (QED) is 0.679. The number of hydrogen-bond donors (Lipinski definition) is 1. The van der Waals surface area contributed by atoms with Crippen molar-refractivity contribution in [2.75, 3.05) is 6.26 Å². The molecule has 1 N–H and O–H groups in total. The summed E-state index contributed by atoms with van der Waals surface area (Å²) in [5, 5.41) is 10.0. The van der Waals surface area contributed by atoms with Gasteiger partial charge in [-0.2, -0.15) is 0 Å².